The van der Waals surface area contributed by atoms with Crippen molar-refractivity contribution in [2.45, 2.75) is 31.7 Å². The van der Waals surface area contributed by atoms with Gasteiger partial charge in [0.05, 0.1) is 23.4 Å². The molecule has 0 aromatic heterocycles. The predicted molar refractivity (Wildman–Crippen MR) is 129 cm³/mol. The summed E-state index contributed by atoms with van der Waals surface area (Å²) in [6.07, 6.45) is 1.07. The van der Waals surface area contributed by atoms with Gasteiger partial charge >= 0.3 is 0 Å². The van der Waals surface area contributed by atoms with Crippen LogP contribution in [0.15, 0.2) is 47.4 Å². The van der Waals surface area contributed by atoms with Gasteiger partial charge in [0.2, 0.25) is 26.0 Å². The minimum Gasteiger partial charge on any atom is -0.492 e. The molecule has 0 fully saturated rings. The van der Waals surface area contributed by atoms with E-state index >= 15 is 0 Å². The molecule has 2 rings (SSSR count). The van der Waals surface area contributed by atoms with Crippen LogP contribution < -0.4 is 14.4 Å². The lowest BCUT2D eigenvalue weighted by Crippen LogP contribution is -2.48. The predicted octanol–water partition coefficient (Wildman–Crippen LogP) is 1.90. The second-order valence-electron chi connectivity index (χ2n) is 7.92. The number of carbonyl (C=O) groups excluding carboxylic acids is 1. The van der Waals surface area contributed by atoms with Gasteiger partial charge in [-0.05, 0) is 62.2 Å². The summed E-state index contributed by atoms with van der Waals surface area (Å²) in [4.78, 5) is 12.8. The number of nitrogens with zero attached hydrogens (tertiary/aromatic N) is 2. The number of benzene rings is 2. The number of hydrogen-bond donors (Lipinski definition) is 1. The Morgan fingerprint density at radius 3 is 2.18 bits per heavy atom. The van der Waals surface area contributed by atoms with Gasteiger partial charge in [0, 0.05) is 14.1 Å². The smallest absolute Gasteiger partial charge is 0.243 e. The lowest BCUT2D eigenvalue weighted by Gasteiger charge is -2.29. The van der Waals surface area contributed by atoms with Crippen LogP contribution in [0.25, 0.3) is 0 Å². The molecule has 0 radical (unpaired) electrons. The third kappa shape index (κ3) is 6.68. The monoisotopic (exact) mass is 497 g/mol. The van der Waals surface area contributed by atoms with E-state index in [0.29, 0.717) is 11.4 Å². The summed E-state index contributed by atoms with van der Waals surface area (Å²) in [5.74, 6) is -0.0134. The lowest BCUT2D eigenvalue weighted by atomic mass is 10.1. The highest BCUT2D eigenvalue weighted by atomic mass is 32.2. The Hall–Kier alpha value is -2.63. The maximum atomic E-state index is 12.7. The van der Waals surface area contributed by atoms with Crippen molar-refractivity contribution in [2.75, 3.05) is 37.8 Å². The Balaban J connectivity index is 2.00. The number of rotatable bonds is 10. The third-order valence-corrected chi connectivity index (χ3v) is 8.02. The Labute approximate surface area is 196 Å². The van der Waals surface area contributed by atoms with Crippen molar-refractivity contribution >= 4 is 31.6 Å². The first kappa shape index (κ1) is 26.6. The van der Waals surface area contributed by atoms with E-state index in [1.807, 2.05) is 19.1 Å². The molecule has 0 saturated carbocycles. The fourth-order valence-corrected chi connectivity index (χ4v) is 5.27. The number of sulfonamides is 2. The van der Waals surface area contributed by atoms with Gasteiger partial charge in [-0.3, -0.25) is 9.10 Å². The molecule has 2 aromatic carbocycles. The van der Waals surface area contributed by atoms with Crippen LogP contribution in [0.5, 0.6) is 5.75 Å². The van der Waals surface area contributed by atoms with Crippen molar-refractivity contribution in [2.24, 2.45) is 0 Å². The molecule has 1 unspecified atom stereocenters. The normalized spacial score (nSPS) is 12.9. The first-order chi connectivity index (χ1) is 15.2. The molecule has 2 aromatic rings. The molecule has 0 aliphatic heterocycles. The van der Waals surface area contributed by atoms with Crippen LogP contribution in [0.1, 0.15) is 18.1 Å². The van der Waals surface area contributed by atoms with Crippen molar-refractivity contribution in [3.63, 3.8) is 0 Å². The SMILES string of the molecule is Cc1ccc(C)c(N(C(C)C(=O)NCCOc2ccc(S(=O)(=O)N(C)C)cc2)S(C)(=O)=O)c1. The summed E-state index contributed by atoms with van der Waals surface area (Å²) in [5, 5.41) is 2.69. The molecule has 1 N–H and O–H groups in total. The van der Waals surface area contributed by atoms with Crippen LogP contribution >= 0.6 is 0 Å². The number of aryl methyl sites for hydroxylation is 2. The lowest BCUT2D eigenvalue weighted by molar-refractivity contribution is -0.121. The Morgan fingerprint density at radius 1 is 1.03 bits per heavy atom. The molecular formula is C22H31N3O6S2. The van der Waals surface area contributed by atoms with Crippen LogP contribution in [0.2, 0.25) is 0 Å². The van der Waals surface area contributed by atoms with Crippen molar-refractivity contribution in [3.8, 4) is 5.75 Å². The fraction of sp³-hybridized carbons (Fsp3) is 0.409. The molecule has 33 heavy (non-hydrogen) atoms. The topological polar surface area (TPSA) is 113 Å². The quantitative estimate of drug-likeness (QED) is 0.502. The van der Waals surface area contributed by atoms with Gasteiger partial charge in [-0.15, -0.1) is 0 Å². The zero-order valence-electron chi connectivity index (χ0n) is 19.7. The van der Waals surface area contributed by atoms with Crippen LogP contribution in [0.3, 0.4) is 0 Å². The summed E-state index contributed by atoms with van der Waals surface area (Å²) in [5.41, 5.74) is 2.09. The molecule has 0 bridgehead atoms. The number of carbonyl (C=O) groups is 1. The standard InChI is InChI=1S/C22H31N3O6S2/c1-16-7-8-17(2)21(15-16)25(32(6,27)28)18(3)22(26)23-13-14-31-19-9-11-20(12-10-19)33(29,30)24(4)5/h7-12,15,18H,13-14H2,1-6H3,(H,23,26). The zero-order chi connectivity index (χ0) is 25.0. The molecule has 0 aliphatic rings. The zero-order valence-corrected chi connectivity index (χ0v) is 21.3. The maximum Gasteiger partial charge on any atom is 0.243 e. The molecule has 0 saturated heterocycles. The van der Waals surface area contributed by atoms with E-state index in [4.69, 9.17) is 4.74 Å². The summed E-state index contributed by atoms with van der Waals surface area (Å²) in [6, 6.07) is 10.4. The Morgan fingerprint density at radius 2 is 1.64 bits per heavy atom. The second kappa shape index (κ2) is 10.5. The average molecular weight is 498 g/mol. The van der Waals surface area contributed by atoms with Crippen molar-refractivity contribution in [1.29, 1.82) is 0 Å². The minimum absolute atomic E-state index is 0.126. The Bertz CT molecular complexity index is 1190. The van der Waals surface area contributed by atoms with Crippen molar-refractivity contribution in [3.05, 3.63) is 53.6 Å². The molecule has 0 aliphatic carbocycles. The van der Waals surface area contributed by atoms with Gasteiger partial charge < -0.3 is 10.1 Å². The van der Waals surface area contributed by atoms with E-state index in [9.17, 15) is 21.6 Å². The van der Waals surface area contributed by atoms with Crippen LogP contribution in [0, 0.1) is 13.8 Å². The van der Waals surface area contributed by atoms with E-state index in [1.165, 1.54) is 45.3 Å². The van der Waals surface area contributed by atoms with Gasteiger partial charge in [0.1, 0.15) is 18.4 Å². The fourth-order valence-electron chi connectivity index (χ4n) is 3.15. The number of amides is 1. The van der Waals surface area contributed by atoms with Crippen LogP contribution in [0.4, 0.5) is 5.69 Å². The highest BCUT2D eigenvalue weighted by Gasteiger charge is 2.30. The van der Waals surface area contributed by atoms with Gasteiger partial charge in [0.25, 0.3) is 0 Å². The largest absolute Gasteiger partial charge is 0.492 e. The van der Waals surface area contributed by atoms with Gasteiger partial charge in [-0.25, -0.2) is 21.1 Å². The van der Waals surface area contributed by atoms with Gasteiger partial charge in [-0.2, -0.15) is 0 Å². The van der Waals surface area contributed by atoms with E-state index < -0.39 is 32.0 Å². The van der Waals surface area contributed by atoms with Crippen LogP contribution in [-0.4, -0.2) is 66.6 Å². The van der Waals surface area contributed by atoms with Gasteiger partial charge in [0.15, 0.2) is 0 Å². The summed E-state index contributed by atoms with van der Waals surface area (Å²) in [7, 11) is -4.32. The summed E-state index contributed by atoms with van der Waals surface area (Å²) < 4.78 is 56.9. The van der Waals surface area contributed by atoms with E-state index in [0.717, 1.165) is 26.0 Å². The van der Waals surface area contributed by atoms with Crippen LogP contribution in [-0.2, 0) is 24.8 Å². The highest BCUT2D eigenvalue weighted by Crippen LogP contribution is 2.26. The molecule has 1 atom stereocenters. The Kier molecular flexibility index (Phi) is 8.50. The molecule has 9 nitrogen and oxygen atoms in total. The van der Waals surface area contributed by atoms with Crippen molar-refractivity contribution in [1.82, 2.24) is 9.62 Å². The molecule has 0 heterocycles. The summed E-state index contributed by atoms with van der Waals surface area (Å²) >= 11 is 0. The molecule has 0 spiro atoms. The van der Waals surface area contributed by atoms with Gasteiger partial charge in [-0.1, -0.05) is 12.1 Å². The summed E-state index contributed by atoms with van der Waals surface area (Å²) in [6.45, 7) is 5.45. The first-order valence-electron chi connectivity index (χ1n) is 10.2. The number of ether oxygens (including phenoxy) is 1. The van der Waals surface area contributed by atoms with E-state index in [1.54, 1.807) is 13.0 Å². The number of hydrogen-bond acceptors (Lipinski definition) is 6. The number of nitrogens with one attached hydrogen (secondary N) is 1. The van der Waals surface area contributed by atoms with E-state index in [2.05, 4.69) is 5.32 Å². The first-order valence-corrected chi connectivity index (χ1v) is 13.5. The molecule has 11 heteroatoms. The molecule has 1 amide bonds. The highest BCUT2D eigenvalue weighted by molar-refractivity contribution is 7.92. The second-order valence-corrected chi connectivity index (χ2v) is 11.9. The van der Waals surface area contributed by atoms with Crippen molar-refractivity contribution < 1.29 is 26.4 Å². The minimum atomic E-state index is -3.71. The van der Waals surface area contributed by atoms with E-state index in [-0.39, 0.29) is 18.0 Å². The molecule has 182 valence electrons. The third-order valence-electron chi connectivity index (χ3n) is 4.96. The average Bonchev–Trinajstić information content (AvgIpc) is 2.72. The number of anilines is 1. The maximum absolute atomic E-state index is 12.7. The molecular weight excluding hydrogens is 466 g/mol.